The summed E-state index contributed by atoms with van der Waals surface area (Å²) < 4.78 is 1.54. The first-order valence-corrected chi connectivity index (χ1v) is 15.1. The predicted molar refractivity (Wildman–Crippen MR) is 165 cm³/mol. The number of rotatable bonds is 8. The lowest BCUT2D eigenvalue weighted by atomic mass is 9.76. The minimum absolute atomic E-state index is 0.0597. The monoisotopic (exact) mass is 572 g/mol. The Morgan fingerprint density at radius 3 is 1.81 bits per heavy atom. The van der Waals surface area contributed by atoms with Gasteiger partial charge in [-0.3, -0.25) is 10.1 Å². The fourth-order valence-corrected chi connectivity index (χ4v) is 8.12. The van der Waals surface area contributed by atoms with Gasteiger partial charge in [0.05, 0.1) is 12.1 Å². The quantitative estimate of drug-likeness (QED) is 0.198. The Balaban J connectivity index is 1.27. The van der Waals surface area contributed by atoms with Crippen LogP contribution in [0.5, 0.6) is 0 Å². The van der Waals surface area contributed by atoms with E-state index < -0.39 is 11.6 Å². The molecule has 0 saturated carbocycles. The number of aromatic nitrogens is 4. The number of hydrogen-bond donors (Lipinski definition) is 1. The van der Waals surface area contributed by atoms with Crippen LogP contribution in [0.15, 0.2) is 121 Å². The molecular weight excluding hydrogens is 540 g/mol. The molecule has 3 atom stereocenters. The molecule has 42 heavy (non-hydrogen) atoms. The van der Waals surface area contributed by atoms with E-state index in [2.05, 4.69) is 120 Å². The van der Waals surface area contributed by atoms with Crippen LogP contribution in [0.1, 0.15) is 48.0 Å². The molecule has 8 heteroatoms. The Kier molecular flexibility index (Phi) is 6.67. The van der Waals surface area contributed by atoms with Crippen molar-refractivity contribution in [2.24, 2.45) is 0 Å². The molecule has 4 aromatic carbocycles. The largest absolute Gasteiger partial charge is 0.315 e. The molecule has 1 amide bonds. The highest BCUT2D eigenvalue weighted by Gasteiger charge is 2.64. The zero-order valence-corrected chi connectivity index (χ0v) is 24.4. The van der Waals surface area contributed by atoms with Crippen LogP contribution in [0.3, 0.4) is 0 Å². The molecule has 2 fully saturated rings. The number of β-lactam (4-membered cyclic amide) rings is 1. The summed E-state index contributed by atoms with van der Waals surface area (Å²) in [5, 5.41) is 16.7. The molecule has 2 aliphatic heterocycles. The van der Waals surface area contributed by atoms with Gasteiger partial charge in [0.1, 0.15) is 17.5 Å². The van der Waals surface area contributed by atoms with Gasteiger partial charge in [-0.1, -0.05) is 121 Å². The summed E-state index contributed by atoms with van der Waals surface area (Å²) in [6.07, 6.45) is 0. The number of carbonyl (C=O) groups is 1. The molecule has 0 spiro atoms. The topological polar surface area (TPSA) is 75.9 Å². The molecule has 0 aliphatic carbocycles. The minimum atomic E-state index is -0.728. The third kappa shape index (κ3) is 4.33. The van der Waals surface area contributed by atoms with Crippen molar-refractivity contribution >= 4 is 17.7 Å². The van der Waals surface area contributed by atoms with E-state index in [1.165, 1.54) is 0 Å². The van der Waals surface area contributed by atoms with Crippen LogP contribution in [-0.4, -0.2) is 47.2 Å². The first-order valence-electron chi connectivity index (χ1n) is 14.2. The second-order valence-electron chi connectivity index (χ2n) is 11.4. The highest BCUT2D eigenvalue weighted by molar-refractivity contribution is 8.01. The van der Waals surface area contributed by atoms with Gasteiger partial charge in [-0.2, -0.15) is 0 Å². The number of carbonyl (C=O) groups excluding carboxylic acids is 1. The molecule has 7 rings (SSSR count). The van der Waals surface area contributed by atoms with Gasteiger partial charge >= 0.3 is 0 Å². The van der Waals surface area contributed by atoms with E-state index in [4.69, 9.17) is 0 Å². The molecule has 0 radical (unpaired) electrons. The Bertz CT molecular complexity index is 1580. The van der Waals surface area contributed by atoms with Gasteiger partial charge in [0.25, 0.3) is 0 Å². The summed E-state index contributed by atoms with van der Waals surface area (Å²) in [4.78, 5) is 16.2. The highest BCUT2D eigenvalue weighted by Crippen LogP contribution is 2.57. The second kappa shape index (κ2) is 10.5. The smallest absolute Gasteiger partial charge is 0.244 e. The number of thioether (sulfide) groups is 1. The second-order valence-corrected chi connectivity index (χ2v) is 13.2. The first kappa shape index (κ1) is 26.6. The summed E-state index contributed by atoms with van der Waals surface area (Å²) in [7, 11) is 0. The summed E-state index contributed by atoms with van der Waals surface area (Å²) >= 11 is 1.81. The van der Waals surface area contributed by atoms with Crippen molar-refractivity contribution in [1.29, 1.82) is 0 Å². The summed E-state index contributed by atoms with van der Waals surface area (Å²) in [5.74, 6) is 0.774. The van der Waals surface area contributed by atoms with E-state index in [0.29, 0.717) is 12.4 Å². The third-order valence-electron chi connectivity index (χ3n) is 8.41. The van der Waals surface area contributed by atoms with Crippen molar-refractivity contribution in [1.82, 2.24) is 30.4 Å². The Labute approximate surface area is 250 Å². The van der Waals surface area contributed by atoms with E-state index >= 15 is 0 Å². The van der Waals surface area contributed by atoms with Crippen molar-refractivity contribution in [3.63, 3.8) is 0 Å². The van der Waals surface area contributed by atoms with E-state index in [1.54, 1.807) is 0 Å². The first-order chi connectivity index (χ1) is 20.5. The fourth-order valence-electron chi connectivity index (χ4n) is 6.49. The fraction of sp³-hybridized carbons (Fsp3) is 0.235. The maximum Gasteiger partial charge on any atom is 0.244 e. The molecule has 5 aromatic rings. The standard InChI is InChI=1S/C34H32N6OS/c1-33(2)29(30-36-37-38-39(30)23-24-15-7-3-8-16-24)40-31(41)28(32(40)42-33)35-34(25-17-9-4-10-18-25,26-19-11-5-12-20-26)27-21-13-6-14-22-27/h3-22,28-29,32,35H,23H2,1-2H3/t28?,29?,32-/m1/s1. The van der Waals surface area contributed by atoms with Crippen molar-refractivity contribution in [3.05, 3.63) is 149 Å². The van der Waals surface area contributed by atoms with Crippen LogP contribution in [0.25, 0.3) is 0 Å². The maximum atomic E-state index is 14.3. The highest BCUT2D eigenvalue weighted by atomic mass is 32.2. The van der Waals surface area contributed by atoms with Gasteiger partial charge < -0.3 is 4.90 Å². The average Bonchev–Trinajstić information content (AvgIpc) is 3.58. The molecular formula is C34H32N6OS. The number of nitrogens with one attached hydrogen (secondary N) is 1. The lowest BCUT2D eigenvalue weighted by Crippen LogP contribution is -2.70. The van der Waals surface area contributed by atoms with Gasteiger partial charge in [-0.15, -0.1) is 16.9 Å². The molecule has 1 aromatic heterocycles. The van der Waals surface area contributed by atoms with Gasteiger partial charge in [-0.25, -0.2) is 4.68 Å². The lowest BCUT2D eigenvalue weighted by Gasteiger charge is -2.49. The molecule has 7 nitrogen and oxygen atoms in total. The minimum Gasteiger partial charge on any atom is -0.315 e. The van der Waals surface area contributed by atoms with E-state index in [9.17, 15) is 4.79 Å². The number of hydrogen-bond acceptors (Lipinski definition) is 6. The lowest BCUT2D eigenvalue weighted by molar-refractivity contribution is -0.150. The normalized spacial score (nSPS) is 21.1. The van der Waals surface area contributed by atoms with Gasteiger partial charge in [0.2, 0.25) is 5.91 Å². The zero-order chi connectivity index (χ0) is 28.7. The predicted octanol–water partition coefficient (Wildman–Crippen LogP) is 5.41. The number of nitrogens with zero attached hydrogens (tertiary/aromatic N) is 5. The summed E-state index contributed by atoms with van der Waals surface area (Å²) in [5.41, 5.74) is 3.63. The molecule has 2 saturated heterocycles. The number of amides is 1. The number of fused-ring (bicyclic) bond motifs is 1. The van der Waals surface area contributed by atoms with Crippen LogP contribution < -0.4 is 5.32 Å². The maximum absolute atomic E-state index is 14.3. The molecule has 2 unspecified atom stereocenters. The van der Waals surface area contributed by atoms with Crippen molar-refractivity contribution < 1.29 is 4.79 Å². The van der Waals surface area contributed by atoms with E-state index in [0.717, 1.165) is 22.3 Å². The molecule has 210 valence electrons. The third-order valence-corrected chi connectivity index (χ3v) is 9.98. The Morgan fingerprint density at radius 1 is 0.786 bits per heavy atom. The summed E-state index contributed by atoms with van der Waals surface area (Å²) in [6, 6.07) is 40.8. The van der Waals surface area contributed by atoms with Crippen molar-refractivity contribution in [2.45, 2.75) is 48.1 Å². The van der Waals surface area contributed by atoms with Crippen LogP contribution in [0, 0.1) is 0 Å². The van der Waals surface area contributed by atoms with Gasteiger partial charge in [0, 0.05) is 4.75 Å². The molecule has 3 heterocycles. The van der Waals surface area contributed by atoms with Crippen molar-refractivity contribution in [2.75, 3.05) is 0 Å². The van der Waals surface area contributed by atoms with Crippen LogP contribution in [0.2, 0.25) is 0 Å². The van der Waals surface area contributed by atoms with Crippen LogP contribution >= 0.6 is 11.8 Å². The van der Waals surface area contributed by atoms with Gasteiger partial charge in [-0.05, 0) is 46.5 Å². The van der Waals surface area contributed by atoms with E-state index in [1.807, 2.05) is 57.7 Å². The van der Waals surface area contributed by atoms with Gasteiger partial charge in [0.15, 0.2) is 5.82 Å². The zero-order valence-electron chi connectivity index (χ0n) is 23.5. The number of tetrazole rings is 1. The average molecular weight is 573 g/mol. The SMILES string of the molecule is CC1(C)S[C@@H]2C(NC(c3ccccc3)(c3ccccc3)c3ccccc3)C(=O)N2C1c1nnnn1Cc1ccccc1. The van der Waals surface area contributed by atoms with Crippen LogP contribution in [0.4, 0.5) is 0 Å². The van der Waals surface area contributed by atoms with Crippen LogP contribution in [-0.2, 0) is 16.9 Å². The summed E-state index contributed by atoms with van der Waals surface area (Å²) in [6.45, 7) is 4.92. The van der Waals surface area contributed by atoms with Crippen molar-refractivity contribution in [3.8, 4) is 0 Å². The van der Waals surface area contributed by atoms with E-state index in [-0.39, 0.29) is 22.1 Å². The molecule has 2 aliphatic rings. The molecule has 1 N–H and O–H groups in total. The Hall–Kier alpha value is -4.27. The molecule has 0 bridgehead atoms. The number of benzene rings is 4. The Morgan fingerprint density at radius 2 is 1.29 bits per heavy atom.